The predicted molar refractivity (Wildman–Crippen MR) is 117 cm³/mol. The van der Waals surface area contributed by atoms with Gasteiger partial charge in [-0.1, -0.05) is 6.07 Å². The molecule has 5 rings (SSSR count). The number of hydrogen-bond acceptors (Lipinski definition) is 7. The minimum atomic E-state index is -0.581. The van der Waals surface area contributed by atoms with Gasteiger partial charge in [0.2, 0.25) is 5.95 Å². The van der Waals surface area contributed by atoms with Crippen LogP contribution >= 0.6 is 0 Å². The van der Waals surface area contributed by atoms with Crippen molar-refractivity contribution in [3.05, 3.63) is 50.9 Å². The third-order valence-corrected chi connectivity index (χ3v) is 6.44. The molecule has 3 heterocycles. The molecule has 1 aliphatic carbocycles. The number of nitrogens with zero attached hydrogens (tertiary/aromatic N) is 2. The maximum Gasteiger partial charge on any atom is 0.258 e. The summed E-state index contributed by atoms with van der Waals surface area (Å²) in [5, 5.41) is 13.7. The number of benzene rings is 1. The summed E-state index contributed by atoms with van der Waals surface area (Å²) >= 11 is 0. The minimum absolute atomic E-state index is 0.0271. The zero-order chi connectivity index (χ0) is 21.5. The Morgan fingerprint density at radius 3 is 2.68 bits per heavy atom. The van der Waals surface area contributed by atoms with Crippen LogP contribution in [0.3, 0.4) is 0 Å². The third-order valence-electron chi connectivity index (χ3n) is 6.44. The highest BCUT2D eigenvalue weighted by atomic mass is 16.5. The lowest BCUT2D eigenvalue weighted by molar-refractivity contribution is -0.116. The molecule has 1 saturated heterocycles. The van der Waals surface area contributed by atoms with Gasteiger partial charge in [0.15, 0.2) is 17.3 Å². The number of phenolic OH excluding ortho intramolecular Hbond substituents is 1. The smallest absolute Gasteiger partial charge is 0.258 e. The third kappa shape index (κ3) is 3.36. The number of aromatic hydroxyl groups is 1. The number of ether oxygens (including phenoxy) is 1. The molecule has 3 aliphatic rings. The van der Waals surface area contributed by atoms with Gasteiger partial charge in [0.1, 0.15) is 5.82 Å². The zero-order valence-electron chi connectivity index (χ0n) is 17.5. The van der Waals surface area contributed by atoms with Crippen LogP contribution in [0.2, 0.25) is 0 Å². The van der Waals surface area contributed by atoms with Crippen LogP contribution in [-0.2, 0) is 4.79 Å². The molecule has 8 heteroatoms. The van der Waals surface area contributed by atoms with E-state index in [1.54, 1.807) is 18.2 Å². The Kier molecular flexibility index (Phi) is 4.92. The Morgan fingerprint density at radius 2 is 1.94 bits per heavy atom. The Bertz CT molecular complexity index is 1130. The Hall–Kier alpha value is -3.29. The highest BCUT2D eigenvalue weighted by molar-refractivity contribution is 6.01. The van der Waals surface area contributed by atoms with Crippen molar-refractivity contribution in [2.45, 2.75) is 44.4 Å². The topological polar surface area (TPSA) is 108 Å². The monoisotopic (exact) mass is 422 g/mol. The molecule has 0 saturated carbocycles. The molecule has 1 aromatic heterocycles. The van der Waals surface area contributed by atoms with Crippen LogP contribution in [0.5, 0.6) is 11.5 Å². The highest BCUT2D eigenvalue weighted by Crippen LogP contribution is 2.45. The average molecular weight is 422 g/mol. The van der Waals surface area contributed by atoms with Gasteiger partial charge in [0.05, 0.1) is 12.7 Å². The molecule has 1 aromatic carbocycles. The minimum Gasteiger partial charge on any atom is -0.504 e. The quantitative estimate of drug-likeness (QED) is 0.698. The van der Waals surface area contributed by atoms with Gasteiger partial charge in [-0.25, -0.2) is 0 Å². The summed E-state index contributed by atoms with van der Waals surface area (Å²) in [5.41, 5.74) is 2.25. The van der Waals surface area contributed by atoms with E-state index in [-0.39, 0.29) is 17.1 Å². The second-order valence-electron chi connectivity index (χ2n) is 8.36. The number of hydrogen-bond donors (Lipinski definition) is 3. The number of carbonyl (C=O) groups is 1. The van der Waals surface area contributed by atoms with Crippen LogP contribution in [0, 0.1) is 0 Å². The molecule has 0 radical (unpaired) electrons. The highest BCUT2D eigenvalue weighted by Gasteiger charge is 2.38. The Labute approximate surface area is 180 Å². The van der Waals surface area contributed by atoms with Crippen LogP contribution in [0.1, 0.15) is 55.6 Å². The molecule has 162 valence electrons. The molecule has 2 aliphatic heterocycles. The predicted octanol–water partition coefficient (Wildman–Crippen LogP) is 3.04. The van der Waals surface area contributed by atoms with E-state index >= 15 is 0 Å². The summed E-state index contributed by atoms with van der Waals surface area (Å²) in [6.45, 7) is 1.73. The second-order valence-corrected chi connectivity index (χ2v) is 8.36. The van der Waals surface area contributed by atoms with Gasteiger partial charge >= 0.3 is 0 Å². The van der Waals surface area contributed by atoms with Gasteiger partial charge in [-0.3, -0.25) is 14.6 Å². The van der Waals surface area contributed by atoms with Crippen molar-refractivity contribution in [2.24, 2.45) is 0 Å². The number of ketones is 1. The molecule has 1 atom stereocenters. The largest absolute Gasteiger partial charge is 0.504 e. The first-order valence-electron chi connectivity index (χ1n) is 10.9. The van der Waals surface area contributed by atoms with Crippen LogP contribution in [0.15, 0.2) is 34.3 Å². The van der Waals surface area contributed by atoms with Crippen molar-refractivity contribution in [1.82, 2.24) is 9.97 Å². The van der Waals surface area contributed by atoms with Crippen molar-refractivity contribution in [1.29, 1.82) is 0 Å². The van der Waals surface area contributed by atoms with Crippen LogP contribution < -0.4 is 20.5 Å². The summed E-state index contributed by atoms with van der Waals surface area (Å²) in [7, 11) is 1.48. The van der Waals surface area contributed by atoms with E-state index in [9.17, 15) is 14.7 Å². The molecular formula is C23H26N4O4. The van der Waals surface area contributed by atoms with Crippen molar-refractivity contribution < 1.29 is 14.6 Å². The number of aromatic amines is 1. The number of methoxy groups -OCH3 is 1. The molecule has 0 unspecified atom stereocenters. The van der Waals surface area contributed by atoms with Crippen LogP contribution in [-0.4, -0.2) is 41.1 Å². The lowest BCUT2D eigenvalue weighted by Gasteiger charge is -2.34. The number of H-pyrrole nitrogens is 1. The number of nitrogens with one attached hydrogen (secondary N) is 2. The molecule has 0 spiro atoms. The van der Waals surface area contributed by atoms with Crippen molar-refractivity contribution in [3.63, 3.8) is 0 Å². The fourth-order valence-electron chi connectivity index (χ4n) is 4.92. The number of anilines is 2. The number of rotatable bonds is 3. The van der Waals surface area contributed by atoms with E-state index in [1.807, 2.05) is 0 Å². The van der Waals surface area contributed by atoms with Gasteiger partial charge in [-0.15, -0.1) is 0 Å². The molecule has 31 heavy (non-hydrogen) atoms. The van der Waals surface area contributed by atoms with Crippen LogP contribution in [0.4, 0.5) is 11.8 Å². The maximum atomic E-state index is 13.3. The van der Waals surface area contributed by atoms with Gasteiger partial charge in [0, 0.05) is 36.7 Å². The van der Waals surface area contributed by atoms with Gasteiger partial charge in [-0.05, 0) is 49.8 Å². The van der Waals surface area contributed by atoms with Crippen molar-refractivity contribution in [3.8, 4) is 11.5 Å². The number of piperidine rings is 1. The molecule has 0 bridgehead atoms. The standard InChI is InChI=1S/C23H26N4O4/c1-31-17-9-8-13(12-16(17)29)18-19-14(6-5-7-15(19)28)24-21-20(18)22(30)26-23(25-21)27-10-3-2-4-11-27/h8-9,12,18,29H,2-7,10-11H2,1H3,(H2,24,25,26,30)/t18-/m0/s1. The first-order chi connectivity index (χ1) is 15.1. The number of carbonyl (C=O) groups excluding carboxylic acids is 1. The molecule has 8 nitrogen and oxygen atoms in total. The normalized spacial score (nSPS) is 20.7. The first-order valence-corrected chi connectivity index (χ1v) is 10.9. The van der Waals surface area contributed by atoms with E-state index in [4.69, 9.17) is 9.72 Å². The fourth-order valence-corrected chi connectivity index (χ4v) is 4.92. The van der Waals surface area contributed by atoms with Gasteiger partial charge in [0.25, 0.3) is 5.56 Å². The summed E-state index contributed by atoms with van der Waals surface area (Å²) in [6, 6.07) is 5.02. The molecule has 2 aromatic rings. The molecular weight excluding hydrogens is 396 g/mol. The first kappa shape index (κ1) is 19.7. The second kappa shape index (κ2) is 7.76. The molecule has 0 amide bonds. The summed E-state index contributed by atoms with van der Waals surface area (Å²) < 4.78 is 5.16. The number of phenols is 1. The van der Waals surface area contributed by atoms with Crippen molar-refractivity contribution >= 4 is 17.5 Å². The van der Waals surface area contributed by atoms with E-state index < -0.39 is 5.92 Å². The fraction of sp³-hybridized carbons (Fsp3) is 0.435. The van der Waals surface area contributed by atoms with E-state index in [1.165, 1.54) is 13.5 Å². The molecule has 3 N–H and O–H groups in total. The van der Waals surface area contributed by atoms with E-state index in [2.05, 4.69) is 15.2 Å². The van der Waals surface area contributed by atoms with Crippen LogP contribution in [0.25, 0.3) is 0 Å². The van der Waals surface area contributed by atoms with E-state index in [0.717, 1.165) is 44.5 Å². The lowest BCUT2D eigenvalue weighted by atomic mass is 9.76. The molecule has 1 fully saturated rings. The number of Topliss-reactive ketones (excluding diaryl/α,β-unsaturated/α-hetero) is 1. The summed E-state index contributed by atoms with van der Waals surface area (Å²) in [4.78, 5) is 36.1. The average Bonchev–Trinajstić information content (AvgIpc) is 2.78. The van der Waals surface area contributed by atoms with E-state index in [0.29, 0.717) is 40.6 Å². The maximum absolute atomic E-state index is 13.3. The summed E-state index contributed by atoms with van der Waals surface area (Å²) in [5.74, 6) is 0.827. The Balaban J connectivity index is 1.67. The number of aromatic nitrogens is 2. The zero-order valence-corrected chi connectivity index (χ0v) is 17.5. The van der Waals surface area contributed by atoms with Gasteiger partial charge in [-0.2, -0.15) is 4.98 Å². The SMILES string of the molecule is COc1ccc([C@H]2C3=C(CCCC3=O)Nc3nc(N4CCCCC4)[nH]c(=O)c32)cc1O. The lowest BCUT2D eigenvalue weighted by Crippen LogP contribution is -2.36. The number of allylic oxidation sites excluding steroid dienone is 2. The van der Waals surface area contributed by atoms with Gasteiger partial charge < -0.3 is 20.1 Å². The van der Waals surface area contributed by atoms with Crippen molar-refractivity contribution in [2.75, 3.05) is 30.4 Å². The number of fused-ring (bicyclic) bond motifs is 1. The Morgan fingerprint density at radius 1 is 1.13 bits per heavy atom. The summed E-state index contributed by atoms with van der Waals surface area (Å²) in [6.07, 6.45) is 5.28.